The van der Waals surface area contributed by atoms with Crippen molar-refractivity contribution in [3.8, 4) is 0 Å². The Labute approximate surface area is 128 Å². The van der Waals surface area contributed by atoms with E-state index in [0.717, 1.165) is 34.1 Å². The first-order valence-corrected chi connectivity index (χ1v) is 7.59. The van der Waals surface area contributed by atoms with E-state index in [-0.39, 0.29) is 0 Å². The predicted molar refractivity (Wildman–Crippen MR) is 86.7 cm³/mol. The van der Waals surface area contributed by atoms with E-state index >= 15 is 0 Å². The Morgan fingerprint density at radius 2 is 1.90 bits per heavy atom. The van der Waals surface area contributed by atoms with Crippen molar-refractivity contribution in [1.29, 1.82) is 0 Å². The molecular formula is C17H16ClN3. The van der Waals surface area contributed by atoms with Crippen molar-refractivity contribution in [2.24, 2.45) is 0 Å². The Kier molecular flexibility index (Phi) is 2.89. The quantitative estimate of drug-likeness (QED) is 0.736. The van der Waals surface area contributed by atoms with E-state index < -0.39 is 0 Å². The van der Waals surface area contributed by atoms with E-state index in [2.05, 4.69) is 22.8 Å². The van der Waals surface area contributed by atoms with Crippen molar-refractivity contribution in [2.45, 2.75) is 25.3 Å². The monoisotopic (exact) mass is 297 g/mol. The highest BCUT2D eigenvalue weighted by atomic mass is 35.5. The third-order valence-electron chi connectivity index (χ3n) is 4.04. The average molecular weight is 298 g/mol. The summed E-state index contributed by atoms with van der Waals surface area (Å²) in [4.78, 5) is 4.80. The van der Waals surface area contributed by atoms with Gasteiger partial charge in [0.25, 0.3) is 0 Å². The molecule has 4 rings (SSSR count). The number of anilines is 1. The molecule has 4 heteroatoms. The van der Waals surface area contributed by atoms with Gasteiger partial charge in [-0.05, 0) is 42.7 Å². The molecule has 2 N–H and O–H groups in total. The lowest BCUT2D eigenvalue weighted by Gasteiger charge is -2.09. The van der Waals surface area contributed by atoms with Gasteiger partial charge in [0, 0.05) is 17.5 Å². The van der Waals surface area contributed by atoms with E-state index in [1.807, 2.05) is 24.3 Å². The van der Waals surface area contributed by atoms with Gasteiger partial charge in [-0.25, -0.2) is 4.98 Å². The molecule has 2 aromatic carbocycles. The summed E-state index contributed by atoms with van der Waals surface area (Å²) in [6, 6.07) is 14.0. The van der Waals surface area contributed by atoms with Crippen LogP contribution in [0.5, 0.6) is 0 Å². The second-order valence-corrected chi connectivity index (χ2v) is 6.11. The van der Waals surface area contributed by atoms with Gasteiger partial charge in [0.1, 0.15) is 11.3 Å². The fraction of sp³-hybridized carbons (Fsp3) is 0.235. The first kappa shape index (κ1) is 12.7. The highest BCUT2D eigenvalue weighted by Gasteiger charge is 2.29. The number of rotatable bonds is 3. The van der Waals surface area contributed by atoms with Crippen LogP contribution in [-0.4, -0.2) is 9.55 Å². The number of benzene rings is 2. The number of fused-ring (bicyclic) bond motifs is 1. The zero-order chi connectivity index (χ0) is 14.4. The van der Waals surface area contributed by atoms with Crippen molar-refractivity contribution < 1.29 is 0 Å². The first-order chi connectivity index (χ1) is 10.2. The summed E-state index contributed by atoms with van der Waals surface area (Å²) in [5.74, 6) is 1.75. The summed E-state index contributed by atoms with van der Waals surface area (Å²) in [5.41, 5.74) is 10.1. The lowest BCUT2D eigenvalue weighted by molar-refractivity contribution is 0.747. The molecule has 0 aliphatic heterocycles. The Morgan fingerprint density at radius 1 is 1.14 bits per heavy atom. The van der Waals surface area contributed by atoms with E-state index in [9.17, 15) is 0 Å². The number of imidazole rings is 1. The number of hydrogen-bond acceptors (Lipinski definition) is 2. The fourth-order valence-electron chi connectivity index (χ4n) is 2.78. The maximum Gasteiger partial charge on any atom is 0.113 e. The van der Waals surface area contributed by atoms with Gasteiger partial charge in [0.2, 0.25) is 0 Å². The molecule has 0 radical (unpaired) electrons. The third-order valence-corrected chi connectivity index (χ3v) is 4.29. The zero-order valence-electron chi connectivity index (χ0n) is 11.6. The second kappa shape index (κ2) is 4.78. The molecular weight excluding hydrogens is 282 g/mol. The lowest BCUT2D eigenvalue weighted by Crippen LogP contribution is -2.04. The molecule has 0 atom stereocenters. The molecule has 0 unspecified atom stereocenters. The van der Waals surface area contributed by atoms with Gasteiger partial charge < -0.3 is 10.3 Å². The normalized spacial score (nSPS) is 14.7. The number of para-hydroxylation sites is 1. The number of hydrogen-bond donors (Lipinski definition) is 1. The molecule has 1 aromatic heterocycles. The van der Waals surface area contributed by atoms with Crippen LogP contribution in [0.3, 0.4) is 0 Å². The maximum atomic E-state index is 6.08. The van der Waals surface area contributed by atoms with Crippen LogP contribution in [0, 0.1) is 0 Å². The van der Waals surface area contributed by atoms with Crippen molar-refractivity contribution in [3.63, 3.8) is 0 Å². The number of aromatic nitrogens is 2. The minimum absolute atomic E-state index is 0.587. The molecule has 3 aromatic rings. The number of nitrogens with two attached hydrogens (primary N) is 1. The van der Waals surface area contributed by atoms with Gasteiger partial charge in [0.05, 0.1) is 11.2 Å². The Balaban J connectivity index is 1.84. The molecule has 1 aliphatic carbocycles. The Bertz CT molecular complexity index is 801. The van der Waals surface area contributed by atoms with Crippen LogP contribution >= 0.6 is 11.6 Å². The van der Waals surface area contributed by atoms with Crippen molar-refractivity contribution in [1.82, 2.24) is 9.55 Å². The van der Waals surface area contributed by atoms with Crippen LogP contribution in [-0.2, 0) is 6.54 Å². The fourth-order valence-corrected chi connectivity index (χ4v) is 2.90. The van der Waals surface area contributed by atoms with Crippen LogP contribution < -0.4 is 5.73 Å². The van der Waals surface area contributed by atoms with E-state index in [0.29, 0.717) is 5.92 Å². The van der Waals surface area contributed by atoms with E-state index in [1.54, 1.807) is 0 Å². The zero-order valence-corrected chi connectivity index (χ0v) is 12.3. The molecule has 0 bridgehead atoms. The summed E-state index contributed by atoms with van der Waals surface area (Å²) >= 11 is 5.97. The number of halogens is 1. The van der Waals surface area contributed by atoms with Gasteiger partial charge in [-0.3, -0.25) is 0 Å². The summed E-state index contributed by atoms with van der Waals surface area (Å²) in [5, 5.41) is 0.765. The van der Waals surface area contributed by atoms with Gasteiger partial charge in [-0.2, -0.15) is 0 Å². The number of nitrogens with zero attached hydrogens (tertiary/aromatic N) is 2. The minimum Gasteiger partial charge on any atom is -0.397 e. The van der Waals surface area contributed by atoms with E-state index in [1.165, 1.54) is 18.4 Å². The number of nitrogen functional groups attached to an aromatic ring is 1. The Hall–Kier alpha value is -2.00. The third kappa shape index (κ3) is 2.28. The van der Waals surface area contributed by atoms with Gasteiger partial charge in [-0.1, -0.05) is 29.8 Å². The van der Waals surface area contributed by atoms with E-state index in [4.69, 9.17) is 22.3 Å². The van der Waals surface area contributed by atoms with Gasteiger partial charge in [0.15, 0.2) is 0 Å². The van der Waals surface area contributed by atoms with Crippen molar-refractivity contribution >= 4 is 28.3 Å². The molecule has 0 amide bonds. The minimum atomic E-state index is 0.587. The summed E-state index contributed by atoms with van der Waals surface area (Å²) < 4.78 is 2.30. The van der Waals surface area contributed by atoms with Crippen molar-refractivity contribution in [2.75, 3.05) is 5.73 Å². The molecule has 106 valence electrons. The molecule has 3 nitrogen and oxygen atoms in total. The van der Waals surface area contributed by atoms with Crippen LogP contribution in [0.2, 0.25) is 5.02 Å². The van der Waals surface area contributed by atoms with Crippen molar-refractivity contribution in [3.05, 3.63) is 58.9 Å². The highest BCUT2D eigenvalue weighted by Crippen LogP contribution is 2.41. The highest BCUT2D eigenvalue weighted by molar-refractivity contribution is 6.30. The summed E-state index contributed by atoms with van der Waals surface area (Å²) in [6.07, 6.45) is 2.45. The van der Waals surface area contributed by atoms with Gasteiger partial charge >= 0.3 is 0 Å². The van der Waals surface area contributed by atoms with Crippen LogP contribution in [0.15, 0.2) is 42.5 Å². The average Bonchev–Trinajstić information content (AvgIpc) is 3.26. The molecule has 1 heterocycles. The standard InChI is InChI=1S/C17H16ClN3/c18-13-8-4-11(5-9-13)10-21-15-3-1-2-14(19)16(15)20-17(21)12-6-7-12/h1-5,8-9,12H,6-7,10,19H2. The Morgan fingerprint density at radius 3 is 2.62 bits per heavy atom. The first-order valence-electron chi connectivity index (χ1n) is 7.21. The SMILES string of the molecule is Nc1cccc2c1nc(C1CC1)n2Cc1ccc(Cl)cc1. The van der Waals surface area contributed by atoms with Gasteiger partial charge in [-0.15, -0.1) is 0 Å². The smallest absolute Gasteiger partial charge is 0.113 e. The van der Waals surface area contributed by atoms with Crippen LogP contribution in [0.1, 0.15) is 30.1 Å². The predicted octanol–water partition coefficient (Wildman–Crippen LogP) is 4.20. The molecule has 0 saturated heterocycles. The molecule has 21 heavy (non-hydrogen) atoms. The summed E-state index contributed by atoms with van der Waals surface area (Å²) in [7, 11) is 0. The largest absolute Gasteiger partial charge is 0.397 e. The molecule has 1 saturated carbocycles. The molecule has 0 spiro atoms. The topological polar surface area (TPSA) is 43.8 Å². The maximum absolute atomic E-state index is 6.08. The second-order valence-electron chi connectivity index (χ2n) is 5.67. The molecule has 1 fully saturated rings. The molecule has 1 aliphatic rings. The van der Waals surface area contributed by atoms with Crippen LogP contribution in [0.4, 0.5) is 5.69 Å². The lowest BCUT2D eigenvalue weighted by atomic mass is 10.2. The summed E-state index contributed by atoms with van der Waals surface area (Å²) in [6.45, 7) is 0.808. The van der Waals surface area contributed by atoms with Crippen LogP contribution in [0.25, 0.3) is 11.0 Å².